The van der Waals surface area contributed by atoms with Crippen LogP contribution >= 0.6 is 11.8 Å². The van der Waals surface area contributed by atoms with E-state index in [-0.39, 0.29) is 5.66 Å². The summed E-state index contributed by atoms with van der Waals surface area (Å²) in [6, 6.07) is 11.3. The molecule has 182 valence electrons. The second-order valence-electron chi connectivity index (χ2n) is 11.4. The molecule has 2 saturated carbocycles. The van der Waals surface area contributed by atoms with Gasteiger partial charge in [-0.3, -0.25) is 9.98 Å². The molecular formula is C31H37N3S. The zero-order valence-electron chi connectivity index (χ0n) is 20.8. The predicted octanol–water partition coefficient (Wildman–Crippen LogP) is 8.21. The van der Waals surface area contributed by atoms with Gasteiger partial charge in [0.2, 0.25) is 0 Å². The van der Waals surface area contributed by atoms with Gasteiger partial charge in [0.15, 0.2) is 0 Å². The first-order valence-electron chi connectivity index (χ1n) is 14.2. The molecule has 4 heteroatoms. The largest absolute Gasteiger partial charge is 0.318 e. The van der Waals surface area contributed by atoms with Crippen LogP contribution in [-0.2, 0) is 0 Å². The van der Waals surface area contributed by atoms with E-state index in [4.69, 9.17) is 9.98 Å². The smallest absolute Gasteiger partial charge is 0.139 e. The molecule has 0 amide bonds. The fourth-order valence-corrected chi connectivity index (χ4v) is 8.46. The lowest BCUT2D eigenvalue weighted by Gasteiger charge is -2.52. The van der Waals surface area contributed by atoms with Crippen LogP contribution in [0.4, 0.5) is 0 Å². The van der Waals surface area contributed by atoms with E-state index in [9.17, 15) is 0 Å². The van der Waals surface area contributed by atoms with Crippen LogP contribution < -0.4 is 0 Å². The average Bonchev–Trinajstić information content (AvgIpc) is 3.22. The Morgan fingerprint density at radius 1 is 0.886 bits per heavy atom. The highest BCUT2D eigenvalue weighted by atomic mass is 32.2. The predicted molar refractivity (Wildman–Crippen MR) is 147 cm³/mol. The Hall–Kier alpha value is -2.07. The highest BCUT2D eigenvalue weighted by Gasteiger charge is 2.55. The first-order chi connectivity index (χ1) is 17.3. The summed E-state index contributed by atoms with van der Waals surface area (Å²) < 4.78 is 0. The second kappa shape index (κ2) is 9.10. The number of thioether (sulfide) groups is 1. The molecule has 0 saturated heterocycles. The number of rotatable bonds is 3. The Morgan fingerprint density at radius 2 is 1.71 bits per heavy atom. The molecule has 0 N–H and O–H groups in total. The summed E-state index contributed by atoms with van der Waals surface area (Å²) in [6.07, 6.45) is 23.1. The maximum atomic E-state index is 5.65. The quantitative estimate of drug-likeness (QED) is 0.405. The molecule has 2 aliphatic heterocycles. The summed E-state index contributed by atoms with van der Waals surface area (Å²) in [7, 11) is 0. The maximum Gasteiger partial charge on any atom is 0.139 e. The third kappa shape index (κ3) is 3.87. The van der Waals surface area contributed by atoms with Gasteiger partial charge in [0.05, 0.1) is 23.2 Å². The van der Waals surface area contributed by atoms with E-state index < -0.39 is 0 Å². The van der Waals surface area contributed by atoms with Crippen molar-refractivity contribution in [1.29, 1.82) is 0 Å². The maximum absolute atomic E-state index is 5.65. The van der Waals surface area contributed by atoms with E-state index in [2.05, 4.69) is 47.4 Å². The van der Waals surface area contributed by atoms with Gasteiger partial charge < -0.3 is 4.90 Å². The van der Waals surface area contributed by atoms with Crippen LogP contribution in [0, 0.1) is 5.92 Å². The number of benzene rings is 1. The molecule has 1 aromatic carbocycles. The summed E-state index contributed by atoms with van der Waals surface area (Å²) in [5.41, 5.74) is 7.12. The van der Waals surface area contributed by atoms with Crippen LogP contribution in [0.2, 0.25) is 0 Å². The molecule has 2 atom stereocenters. The monoisotopic (exact) mass is 483 g/mol. The second-order valence-corrected chi connectivity index (χ2v) is 12.5. The van der Waals surface area contributed by atoms with Crippen molar-refractivity contribution in [1.82, 2.24) is 4.90 Å². The van der Waals surface area contributed by atoms with Crippen molar-refractivity contribution in [3.05, 3.63) is 64.4 Å². The zero-order valence-corrected chi connectivity index (χ0v) is 21.7. The summed E-state index contributed by atoms with van der Waals surface area (Å²) in [5, 5.41) is 0. The molecule has 7 rings (SSSR count). The van der Waals surface area contributed by atoms with Crippen molar-refractivity contribution in [2.45, 2.75) is 106 Å². The van der Waals surface area contributed by atoms with Gasteiger partial charge in [0.25, 0.3) is 0 Å². The number of fused-ring (bicyclic) bond motifs is 3. The Kier molecular flexibility index (Phi) is 5.76. The number of aliphatic imine (C=N–C) groups is 2. The lowest BCUT2D eigenvalue weighted by molar-refractivity contribution is 0.0498. The van der Waals surface area contributed by atoms with E-state index >= 15 is 0 Å². The van der Waals surface area contributed by atoms with Gasteiger partial charge in [-0.15, -0.1) is 0 Å². The molecule has 1 spiro atoms. The number of hydrogen-bond acceptors (Lipinski definition) is 4. The molecule has 2 heterocycles. The molecule has 0 aromatic heterocycles. The molecule has 4 aliphatic carbocycles. The minimum Gasteiger partial charge on any atom is -0.318 e. The minimum absolute atomic E-state index is 0.0328. The van der Waals surface area contributed by atoms with Crippen LogP contribution in [0.5, 0.6) is 0 Å². The van der Waals surface area contributed by atoms with Gasteiger partial charge in [-0.25, -0.2) is 0 Å². The van der Waals surface area contributed by atoms with Gasteiger partial charge in [-0.2, -0.15) is 0 Å². The number of nitrogens with zero attached hydrogens (tertiary/aromatic N) is 3. The highest BCUT2D eigenvalue weighted by molar-refractivity contribution is 8.04. The van der Waals surface area contributed by atoms with E-state index in [1.54, 1.807) is 11.3 Å². The summed E-state index contributed by atoms with van der Waals surface area (Å²) in [4.78, 5) is 16.4. The van der Waals surface area contributed by atoms with Crippen LogP contribution in [-0.4, -0.2) is 28.0 Å². The molecular weight excluding hydrogens is 446 g/mol. The van der Waals surface area contributed by atoms with E-state index in [1.807, 2.05) is 11.8 Å². The van der Waals surface area contributed by atoms with Crippen LogP contribution in [0.25, 0.3) is 0 Å². The van der Waals surface area contributed by atoms with Crippen LogP contribution in [0.1, 0.15) is 89.9 Å². The molecule has 2 fully saturated rings. The van der Waals surface area contributed by atoms with Gasteiger partial charge in [-0.1, -0.05) is 61.2 Å². The Morgan fingerprint density at radius 3 is 2.60 bits per heavy atom. The van der Waals surface area contributed by atoms with Crippen molar-refractivity contribution in [3.8, 4) is 0 Å². The molecule has 0 unspecified atom stereocenters. The first-order valence-corrected chi connectivity index (χ1v) is 15.0. The Labute approximate surface area is 214 Å². The molecule has 35 heavy (non-hydrogen) atoms. The topological polar surface area (TPSA) is 28.0 Å². The van der Waals surface area contributed by atoms with E-state index in [1.165, 1.54) is 117 Å². The highest BCUT2D eigenvalue weighted by Crippen LogP contribution is 2.56. The standard InChI is InChI=1S/C31H37N3S/c1-3-13-24(14-4-1)32-27-20-29-26(21-30(27)35-25-15-5-2-6-16-25)33-31-18-10-9-12-23(31)19-22-11-7-8-17-28(22)34(29)31/h2,5-6,15-16,20-21,23-24H,1,3-4,7-14,17-19H2/t23-,31-/m0/s1. The molecule has 6 aliphatic rings. The Bertz CT molecular complexity index is 1150. The average molecular weight is 484 g/mol. The summed E-state index contributed by atoms with van der Waals surface area (Å²) in [5.74, 6) is 0.671. The van der Waals surface area contributed by atoms with Crippen molar-refractivity contribution in [2.24, 2.45) is 15.9 Å². The Balaban J connectivity index is 1.34. The van der Waals surface area contributed by atoms with Crippen LogP contribution in [0.15, 0.2) is 79.2 Å². The number of allylic oxidation sites excluding steroid dienone is 5. The SMILES string of the molecule is C1=C(Sc2ccccc2)C(=NC2CCCCC2)C=C2C1=N[C@]13CCCC[C@H]1CC1=C(CCCC1)N23. The molecule has 0 radical (unpaired) electrons. The van der Waals surface area contributed by atoms with Gasteiger partial charge in [0, 0.05) is 21.4 Å². The van der Waals surface area contributed by atoms with Gasteiger partial charge >= 0.3 is 0 Å². The lowest BCUT2D eigenvalue weighted by atomic mass is 9.70. The van der Waals surface area contributed by atoms with E-state index in [0.29, 0.717) is 12.0 Å². The van der Waals surface area contributed by atoms with Crippen LogP contribution in [0.3, 0.4) is 0 Å². The molecule has 3 nitrogen and oxygen atoms in total. The van der Waals surface area contributed by atoms with Crippen molar-refractivity contribution >= 4 is 23.2 Å². The normalized spacial score (nSPS) is 31.8. The fraction of sp³-hybridized carbons (Fsp3) is 0.548. The first kappa shape index (κ1) is 22.2. The van der Waals surface area contributed by atoms with E-state index in [0.717, 1.165) is 0 Å². The number of hydrogen-bond donors (Lipinski definition) is 0. The molecule has 0 bridgehead atoms. The summed E-state index contributed by atoms with van der Waals surface area (Å²) >= 11 is 1.87. The van der Waals surface area contributed by atoms with Gasteiger partial charge in [0.1, 0.15) is 5.66 Å². The van der Waals surface area contributed by atoms with Crippen molar-refractivity contribution < 1.29 is 0 Å². The van der Waals surface area contributed by atoms with Crippen molar-refractivity contribution in [3.63, 3.8) is 0 Å². The van der Waals surface area contributed by atoms with Crippen molar-refractivity contribution in [2.75, 3.05) is 0 Å². The summed E-state index contributed by atoms with van der Waals surface area (Å²) in [6.45, 7) is 0. The zero-order chi connectivity index (χ0) is 23.2. The van der Waals surface area contributed by atoms with Gasteiger partial charge in [-0.05, 0) is 88.5 Å². The molecule has 1 aromatic rings. The minimum atomic E-state index is -0.0328. The lowest BCUT2D eigenvalue weighted by Crippen LogP contribution is -2.53. The third-order valence-corrected chi connectivity index (χ3v) is 10.2. The fourth-order valence-electron chi connectivity index (χ4n) is 7.52. The third-order valence-electron chi connectivity index (χ3n) is 9.18.